The zero-order valence-electron chi connectivity index (χ0n) is 10.3. The Balaban J connectivity index is 1.80. The number of nitrogens with one attached hydrogen (secondary N) is 1. The van der Waals surface area contributed by atoms with Crippen LogP contribution in [-0.4, -0.2) is 13.7 Å². The number of hydrogen-bond donors (Lipinski definition) is 1. The number of methoxy groups -OCH3 is 1. The number of rotatable bonds is 6. The molecule has 1 aromatic carbocycles. The first-order chi connectivity index (χ1) is 8.81. The van der Waals surface area contributed by atoms with Crippen LogP contribution in [0, 0.1) is 0 Å². The summed E-state index contributed by atoms with van der Waals surface area (Å²) in [5.74, 6) is 0.969. The summed E-state index contributed by atoms with van der Waals surface area (Å²) >= 11 is 5.31. The van der Waals surface area contributed by atoms with Crippen LogP contribution in [0.4, 0.5) is 0 Å². The van der Waals surface area contributed by atoms with Crippen LogP contribution in [0.3, 0.4) is 0 Å². The molecule has 0 atom stereocenters. The van der Waals surface area contributed by atoms with Gasteiger partial charge < -0.3 is 10.1 Å². The molecule has 2 nitrogen and oxygen atoms in total. The minimum Gasteiger partial charge on any atom is -0.496 e. The second-order valence-corrected chi connectivity index (χ2v) is 5.79. The molecule has 1 N–H and O–H groups in total. The first-order valence-corrected chi connectivity index (χ1v) is 7.53. The molecule has 0 radical (unpaired) electrons. The smallest absolute Gasteiger partial charge is 0.122 e. The highest BCUT2D eigenvalue weighted by atomic mass is 79.9. The molecular weight excluding hydrogens is 310 g/mol. The standard InChI is InChI=1S/C14H16BrNOS/c1-17-13-5-3-2-4-11(13)6-8-16-10-14-12(15)7-9-18-14/h2-5,7,9,16H,6,8,10H2,1H3. The Hall–Kier alpha value is -0.840. The Morgan fingerprint density at radius 1 is 1.28 bits per heavy atom. The fourth-order valence-electron chi connectivity index (χ4n) is 1.79. The summed E-state index contributed by atoms with van der Waals surface area (Å²) in [6.45, 7) is 1.86. The van der Waals surface area contributed by atoms with Gasteiger partial charge in [0.05, 0.1) is 7.11 Å². The molecule has 0 fully saturated rings. The lowest BCUT2D eigenvalue weighted by Crippen LogP contribution is -2.16. The second kappa shape index (κ2) is 6.92. The lowest BCUT2D eigenvalue weighted by Gasteiger charge is -2.08. The van der Waals surface area contributed by atoms with Gasteiger partial charge in [-0.05, 0) is 52.0 Å². The third-order valence-electron chi connectivity index (χ3n) is 2.74. The molecule has 2 rings (SSSR count). The van der Waals surface area contributed by atoms with E-state index in [1.165, 1.54) is 14.9 Å². The molecule has 0 aliphatic carbocycles. The van der Waals surface area contributed by atoms with Gasteiger partial charge in [0.1, 0.15) is 5.75 Å². The summed E-state index contributed by atoms with van der Waals surface area (Å²) in [6, 6.07) is 10.3. The van der Waals surface area contributed by atoms with E-state index in [0.717, 1.165) is 25.3 Å². The van der Waals surface area contributed by atoms with E-state index in [0.29, 0.717) is 0 Å². The number of ether oxygens (including phenoxy) is 1. The molecule has 0 saturated heterocycles. The summed E-state index contributed by atoms with van der Waals surface area (Å²) < 4.78 is 6.53. The van der Waals surface area contributed by atoms with E-state index in [-0.39, 0.29) is 0 Å². The summed E-state index contributed by atoms with van der Waals surface area (Å²) in [4.78, 5) is 1.34. The van der Waals surface area contributed by atoms with E-state index in [1.54, 1.807) is 18.4 Å². The van der Waals surface area contributed by atoms with E-state index < -0.39 is 0 Å². The monoisotopic (exact) mass is 325 g/mol. The predicted molar refractivity (Wildman–Crippen MR) is 80.4 cm³/mol. The molecule has 0 spiro atoms. The van der Waals surface area contributed by atoms with E-state index >= 15 is 0 Å². The Morgan fingerprint density at radius 2 is 2.11 bits per heavy atom. The molecule has 0 aliphatic rings. The minimum absolute atomic E-state index is 0.910. The van der Waals surface area contributed by atoms with Crippen molar-refractivity contribution in [2.75, 3.05) is 13.7 Å². The van der Waals surface area contributed by atoms with Gasteiger partial charge in [0, 0.05) is 15.9 Å². The maximum atomic E-state index is 5.33. The van der Waals surface area contributed by atoms with Crippen LogP contribution in [0.5, 0.6) is 5.75 Å². The van der Waals surface area contributed by atoms with Crippen molar-refractivity contribution in [3.05, 3.63) is 50.6 Å². The molecule has 18 heavy (non-hydrogen) atoms. The van der Waals surface area contributed by atoms with Crippen LogP contribution < -0.4 is 10.1 Å². The fraction of sp³-hybridized carbons (Fsp3) is 0.286. The number of halogens is 1. The molecule has 0 saturated carbocycles. The van der Waals surface area contributed by atoms with Gasteiger partial charge in [0.25, 0.3) is 0 Å². The van der Waals surface area contributed by atoms with Gasteiger partial charge >= 0.3 is 0 Å². The predicted octanol–water partition coefficient (Wildman–Crippen LogP) is 3.85. The Labute approximate surface area is 120 Å². The highest BCUT2D eigenvalue weighted by Gasteiger charge is 2.02. The third-order valence-corrected chi connectivity index (χ3v) is 4.67. The first kappa shape index (κ1) is 13.6. The number of para-hydroxylation sites is 1. The van der Waals surface area contributed by atoms with Gasteiger partial charge in [-0.3, -0.25) is 0 Å². The molecule has 1 heterocycles. The topological polar surface area (TPSA) is 21.3 Å². The fourth-order valence-corrected chi connectivity index (χ4v) is 3.25. The van der Waals surface area contributed by atoms with Gasteiger partial charge in [-0.25, -0.2) is 0 Å². The maximum absolute atomic E-state index is 5.33. The lowest BCUT2D eigenvalue weighted by atomic mass is 10.1. The molecule has 96 valence electrons. The van der Waals surface area contributed by atoms with Crippen LogP contribution in [0.1, 0.15) is 10.4 Å². The van der Waals surface area contributed by atoms with Crippen molar-refractivity contribution in [2.24, 2.45) is 0 Å². The SMILES string of the molecule is COc1ccccc1CCNCc1sccc1Br. The van der Waals surface area contributed by atoms with E-state index in [4.69, 9.17) is 4.74 Å². The summed E-state index contributed by atoms with van der Waals surface area (Å²) in [5, 5.41) is 5.55. The Morgan fingerprint density at radius 3 is 2.83 bits per heavy atom. The number of thiophene rings is 1. The minimum atomic E-state index is 0.910. The average Bonchev–Trinajstić information content (AvgIpc) is 2.81. The van der Waals surface area contributed by atoms with Gasteiger partial charge in [0.15, 0.2) is 0 Å². The summed E-state index contributed by atoms with van der Waals surface area (Å²) in [7, 11) is 1.72. The molecule has 0 aliphatic heterocycles. The van der Waals surface area contributed by atoms with Crippen molar-refractivity contribution >= 4 is 27.3 Å². The van der Waals surface area contributed by atoms with Crippen LogP contribution in [0.25, 0.3) is 0 Å². The Kier molecular flexibility index (Phi) is 5.23. The second-order valence-electron chi connectivity index (χ2n) is 3.93. The highest BCUT2D eigenvalue weighted by Crippen LogP contribution is 2.22. The first-order valence-electron chi connectivity index (χ1n) is 5.85. The van der Waals surface area contributed by atoms with Gasteiger partial charge in [-0.1, -0.05) is 18.2 Å². The number of hydrogen-bond acceptors (Lipinski definition) is 3. The van der Waals surface area contributed by atoms with Gasteiger partial charge in [-0.15, -0.1) is 11.3 Å². The maximum Gasteiger partial charge on any atom is 0.122 e. The number of benzene rings is 1. The van der Waals surface area contributed by atoms with Crippen LogP contribution in [0.15, 0.2) is 40.2 Å². The molecule has 2 aromatic rings. The molecular formula is C14H16BrNOS. The zero-order valence-corrected chi connectivity index (χ0v) is 12.7. The van der Waals surface area contributed by atoms with E-state index in [9.17, 15) is 0 Å². The highest BCUT2D eigenvalue weighted by molar-refractivity contribution is 9.10. The van der Waals surface area contributed by atoms with Crippen LogP contribution in [-0.2, 0) is 13.0 Å². The van der Waals surface area contributed by atoms with Crippen molar-refractivity contribution in [3.63, 3.8) is 0 Å². The molecule has 1 aromatic heterocycles. The molecule has 0 bridgehead atoms. The molecule has 0 unspecified atom stereocenters. The third kappa shape index (κ3) is 3.57. The van der Waals surface area contributed by atoms with E-state index in [1.807, 2.05) is 18.2 Å². The van der Waals surface area contributed by atoms with Gasteiger partial charge in [0.2, 0.25) is 0 Å². The molecule has 4 heteroatoms. The van der Waals surface area contributed by atoms with Crippen molar-refractivity contribution < 1.29 is 4.74 Å². The van der Waals surface area contributed by atoms with Gasteiger partial charge in [-0.2, -0.15) is 0 Å². The van der Waals surface area contributed by atoms with Crippen LogP contribution in [0.2, 0.25) is 0 Å². The van der Waals surface area contributed by atoms with Crippen molar-refractivity contribution in [3.8, 4) is 5.75 Å². The van der Waals surface area contributed by atoms with Crippen molar-refractivity contribution in [2.45, 2.75) is 13.0 Å². The average molecular weight is 326 g/mol. The molecule has 0 amide bonds. The Bertz CT molecular complexity index is 498. The van der Waals surface area contributed by atoms with Crippen LogP contribution >= 0.6 is 27.3 Å². The van der Waals surface area contributed by atoms with E-state index in [2.05, 4.69) is 38.8 Å². The lowest BCUT2D eigenvalue weighted by molar-refractivity contribution is 0.409. The quantitative estimate of drug-likeness (QED) is 0.814. The van der Waals surface area contributed by atoms with Crippen molar-refractivity contribution in [1.82, 2.24) is 5.32 Å². The summed E-state index contributed by atoms with van der Waals surface area (Å²) in [5.41, 5.74) is 1.25. The largest absolute Gasteiger partial charge is 0.496 e. The zero-order chi connectivity index (χ0) is 12.8. The van der Waals surface area contributed by atoms with Crippen molar-refractivity contribution in [1.29, 1.82) is 0 Å². The summed E-state index contributed by atoms with van der Waals surface area (Å²) in [6.07, 6.45) is 0.979. The normalized spacial score (nSPS) is 10.6.